The first-order valence-corrected chi connectivity index (χ1v) is 5.75. The second kappa shape index (κ2) is 5.54. The van der Waals surface area contributed by atoms with Gasteiger partial charge in [0, 0.05) is 36.9 Å². The van der Waals surface area contributed by atoms with Gasteiger partial charge in [0.05, 0.1) is 0 Å². The third-order valence-electron chi connectivity index (χ3n) is 2.31. The van der Waals surface area contributed by atoms with E-state index in [9.17, 15) is 0 Å². The van der Waals surface area contributed by atoms with Crippen molar-refractivity contribution in [1.29, 1.82) is 0 Å². The minimum atomic E-state index is 0.648. The molecule has 0 saturated carbocycles. The van der Waals surface area contributed by atoms with E-state index in [1.807, 2.05) is 18.6 Å². The molecule has 0 atom stereocenters. The van der Waals surface area contributed by atoms with Crippen LogP contribution in [0.25, 0.3) is 5.95 Å². The molecule has 0 unspecified atom stereocenters. The average molecular weight is 231 g/mol. The fourth-order valence-corrected chi connectivity index (χ4v) is 1.46. The Kier molecular flexibility index (Phi) is 3.82. The fraction of sp³-hybridized carbons (Fsp3) is 0.417. The van der Waals surface area contributed by atoms with Gasteiger partial charge in [-0.1, -0.05) is 13.8 Å². The Balaban J connectivity index is 1.94. The molecule has 17 heavy (non-hydrogen) atoms. The van der Waals surface area contributed by atoms with Crippen molar-refractivity contribution >= 4 is 0 Å². The van der Waals surface area contributed by atoms with Crippen molar-refractivity contribution in [2.45, 2.75) is 20.4 Å². The quantitative estimate of drug-likeness (QED) is 0.845. The summed E-state index contributed by atoms with van der Waals surface area (Å²) in [7, 11) is 0. The molecule has 2 heterocycles. The summed E-state index contributed by atoms with van der Waals surface area (Å²) >= 11 is 0. The highest BCUT2D eigenvalue weighted by Gasteiger charge is 2.00. The van der Waals surface area contributed by atoms with Crippen LogP contribution in [0.15, 0.2) is 31.1 Å². The topological polar surface area (TPSA) is 55.6 Å². The molecule has 0 radical (unpaired) electrons. The molecule has 2 rings (SSSR count). The van der Waals surface area contributed by atoms with Crippen LogP contribution < -0.4 is 5.32 Å². The Hall–Kier alpha value is -1.75. The van der Waals surface area contributed by atoms with Gasteiger partial charge in [-0.15, -0.1) is 0 Å². The predicted octanol–water partition coefficient (Wildman–Crippen LogP) is 1.41. The van der Waals surface area contributed by atoms with Gasteiger partial charge in [-0.2, -0.15) is 0 Å². The minimum Gasteiger partial charge on any atom is -0.312 e. The number of imidazole rings is 1. The fourth-order valence-electron chi connectivity index (χ4n) is 1.46. The first-order chi connectivity index (χ1) is 8.25. The molecule has 90 valence electrons. The minimum absolute atomic E-state index is 0.648. The maximum Gasteiger partial charge on any atom is 0.234 e. The molecule has 0 amide bonds. The van der Waals surface area contributed by atoms with Gasteiger partial charge in [-0.25, -0.2) is 15.0 Å². The Labute approximate surface area is 101 Å². The molecule has 0 bridgehead atoms. The van der Waals surface area contributed by atoms with Gasteiger partial charge in [0.15, 0.2) is 0 Å². The zero-order chi connectivity index (χ0) is 12.1. The van der Waals surface area contributed by atoms with Crippen LogP contribution in [0.1, 0.15) is 19.4 Å². The first kappa shape index (κ1) is 11.7. The van der Waals surface area contributed by atoms with Crippen LogP contribution in [0, 0.1) is 5.92 Å². The lowest BCUT2D eigenvalue weighted by Gasteiger charge is -2.07. The maximum atomic E-state index is 4.29. The predicted molar refractivity (Wildman–Crippen MR) is 65.7 cm³/mol. The van der Waals surface area contributed by atoms with E-state index < -0.39 is 0 Å². The van der Waals surface area contributed by atoms with E-state index in [0.717, 1.165) is 18.7 Å². The average Bonchev–Trinajstić information content (AvgIpc) is 2.83. The van der Waals surface area contributed by atoms with Crippen molar-refractivity contribution in [2.75, 3.05) is 6.54 Å². The SMILES string of the molecule is CC(C)CNCc1cnc(-n2ccnc2)nc1. The molecule has 0 aliphatic heterocycles. The molecule has 0 aliphatic carbocycles. The van der Waals surface area contributed by atoms with Gasteiger partial charge in [0.2, 0.25) is 5.95 Å². The van der Waals surface area contributed by atoms with E-state index in [0.29, 0.717) is 11.9 Å². The number of nitrogens with zero attached hydrogens (tertiary/aromatic N) is 4. The summed E-state index contributed by atoms with van der Waals surface area (Å²) in [4.78, 5) is 12.5. The lowest BCUT2D eigenvalue weighted by Crippen LogP contribution is -2.19. The van der Waals surface area contributed by atoms with Crippen LogP contribution in [0.3, 0.4) is 0 Å². The lowest BCUT2D eigenvalue weighted by molar-refractivity contribution is 0.551. The number of hydrogen-bond acceptors (Lipinski definition) is 4. The summed E-state index contributed by atoms with van der Waals surface area (Å²) in [6.45, 7) is 6.18. The normalized spacial score (nSPS) is 11.0. The lowest BCUT2D eigenvalue weighted by atomic mass is 10.2. The summed E-state index contributed by atoms with van der Waals surface area (Å²) in [6, 6.07) is 0. The van der Waals surface area contributed by atoms with Crippen molar-refractivity contribution < 1.29 is 0 Å². The van der Waals surface area contributed by atoms with Crippen LogP contribution in [0.5, 0.6) is 0 Å². The van der Waals surface area contributed by atoms with Crippen molar-refractivity contribution in [1.82, 2.24) is 24.8 Å². The third-order valence-corrected chi connectivity index (χ3v) is 2.31. The standard InChI is InChI=1S/C12H17N5/c1-10(2)5-14-6-11-7-15-12(16-8-11)17-4-3-13-9-17/h3-4,7-10,14H,5-6H2,1-2H3. The smallest absolute Gasteiger partial charge is 0.234 e. The number of aromatic nitrogens is 4. The van der Waals surface area contributed by atoms with Crippen LogP contribution in [0.2, 0.25) is 0 Å². The van der Waals surface area contributed by atoms with Crippen LogP contribution in [0.4, 0.5) is 0 Å². The monoisotopic (exact) mass is 231 g/mol. The van der Waals surface area contributed by atoms with Crippen LogP contribution in [-0.4, -0.2) is 26.1 Å². The van der Waals surface area contributed by atoms with E-state index in [-0.39, 0.29) is 0 Å². The van der Waals surface area contributed by atoms with E-state index in [1.165, 1.54) is 0 Å². The Morgan fingerprint density at radius 3 is 2.65 bits per heavy atom. The molecule has 5 nitrogen and oxygen atoms in total. The zero-order valence-electron chi connectivity index (χ0n) is 10.2. The summed E-state index contributed by atoms with van der Waals surface area (Å²) < 4.78 is 1.78. The van der Waals surface area contributed by atoms with Gasteiger partial charge in [0.1, 0.15) is 6.33 Å². The molecule has 2 aromatic heterocycles. The molecular formula is C12H17N5. The van der Waals surface area contributed by atoms with Gasteiger partial charge in [-0.05, 0) is 12.5 Å². The van der Waals surface area contributed by atoms with Crippen molar-refractivity contribution in [3.63, 3.8) is 0 Å². The number of hydrogen-bond donors (Lipinski definition) is 1. The summed E-state index contributed by atoms with van der Waals surface area (Å²) in [6.07, 6.45) is 8.91. The molecule has 1 N–H and O–H groups in total. The summed E-state index contributed by atoms with van der Waals surface area (Å²) in [5.41, 5.74) is 1.09. The molecule has 2 aromatic rings. The molecular weight excluding hydrogens is 214 g/mol. The van der Waals surface area contributed by atoms with Crippen molar-refractivity contribution in [2.24, 2.45) is 5.92 Å². The van der Waals surface area contributed by atoms with E-state index in [2.05, 4.69) is 34.1 Å². The zero-order valence-corrected chi connectivity index (χ0v) is 10.2. The largest absolute Gasteiger partial charge is 0.312 e. The third kappa shape index (κ3) is 3.35. The summed E-state index contributed by atoms with van der Waals surface area (Å²) in [5.74, 6) is 1.30. The van der Waals surface area contributed by atoms with Crippen molar-refractivity contribution in [3.8, 4) is 5.95 Å². The second-order valence-corrected chi connectivity index (χ2v) is 4.39. The molecule has 0 aromatic carbocycles. The summed E-state index contributed by atoms with van der Waals surface area (Å²) in [5, 5.41) is 3.36. The highest BCUT2D eigenvalue weighted by atomic mass is 15.2. The van der Waals surface area contributed by atoms with Gasteiger partial charge in [-0.3, -0.25) is 4.57 Å². The maximum absolute atomic E-state index is 4.29. The van der Waals surface area contributed by atoms with E-state index >= 15 is 0 Å². The van der Waals surface area contributed by atoms with E-state index in [4.69, 9.17) is 0 Å². The molecule has 0 saturated heterocycles. The highest BCUT2D eigenvalue weighted by molar-refractivity contribution is 5.14. The Bertz CT molecular complexity index is 432. The molecule has 0 spiro atoms. The van der Waals surface area contributed by atoms with Gasteiger partial charge < -0.3 is 5.32 Å². The Morgan fingerprint density at radius 2 is 2.06 bits per heavy atom. The number of nitrogens with one attached hydrogen (secondary N) is 1. The van der Waals surface area contributed by atoms with Crippen LogP contribution in [-0.2, 0) is 6.54 Å². The molecule has 0 aliphatic rings. The molecule has 5 heteroatoms. The number of rotatable bonds is 5. The second-order valence-electron chi connectivity index (χ2n) is 4.39. The van der Waals surface area contributed by atoms with Crippen molar-refractivity contribution in [3.05, 3.63) is 36.7 Å². The van der Waals surface area contributed by atoms with E-state index in [1.54, 1.807) is 17.1 Å². The molecule has 0 fully saturated rings. The highest BCUT2D eigenvalue weighted by Crippen LogP contribution is 2.01. The van der Waals surface area contributed by atoms with Gasteiger partial charge in [0.25, 0.3) is 0 Å². The Morgan fingerprint density at radius 1 is 1.29 bits per heavy atom. The van der Waals surface area contributed by atoms with Crippen LogP contribution >= 0.6 is 0 Å². The van der Waals surface area contributed by atoms with Gasteiger partial charge >= 0.3 is 0 Å². The first-order valence-electron chi connectivity index (χ1n) is 5.75.